The Bertz CT molecular complexity index is 4190. The van der Waals surface area contributed by atoms with Gasteiger partial charge in [0.1, 0.15) is 53.1 Å². The average Bonchev–Trinajstić information content (AvgIpc) is 0.813. The van der Waals surface area contributed by atoms with Crippen molar-refractivity contribution in [1.82, 2.24) is 0 Å². The van der Waals surface area contributed by atoms with E-state index >= 15 is 0 Å². The normalized spacial score (nSPS) is 12.1. The molecule has 9 rings (SSSR count). The van der Waals surface area contributed by atoms with E-state index in [4.69, 9.17) is 0 Å². The molecule has 0 heterocycles. The fourth-order valence-corrected chi connectivity index (χ4v) is 14.1. The van der Waals surface area contributed by atoms with Gasteiger partial charge in [-0.05, 0) is 92.4 Å². The molecule has 0 unspecified atom stereocenters. The summed E-state index contributed by atoms with van der Waals surface area (Å²) in [6, 6.07) is 50.6. The summed E-state index contributed by atoms with van der Waals surface area (Å²) >= 11 is 0. The van der Waals surface area contributed by atoms with Gasteiger partial charge in [-0.1, -0.05) is 162 Å². The first kappa shape index (κ1) is 91.2. The highest BCUT2D eigenvalue weighted by molar-refractivity contribution is 7.97. The third-order valence-corrected chi connectivity index (χ3v) is 20.9. The largest absolute Gasteiger partial charge is 1.00 e. The summed E-state index contributed by atoms with van der Waals surface area (Å²) in [6.07, 6.45) is 0. The number of ether oxygens (including phenoxy) is 2. The van der Waals surface area contributed by atoms with Crippen LogP contribution in [-0.2, 0) is 79.7 Å². The second kappa shape index (κ2) is 37.8. The highest BCUT2D eigenvalue weighted by Gasteiger charge is 2.41. The highest BCUT2D eigenvalue weighted by atomic mass is 35.5. The standard InChI is InChI=1S/2C18H11F4S.2C17H24F2O5S.C9H13N.ClH/c2*19-12-6-13(20)9-17(8-12)23(16-4-2-1-3-5-16)18-10-14(21)7-15(22)11-18;2*1-15(2,3)12-7-11(8-13(9-12)16(4,5)6)14(20)24-10-17(18,19)25(21,22)23;1-10(2)8-9-6-4-3-5-7-9;/h2*1-11H;2*7-9H,10H2,1-6H3,(H,21,22,23);3-7H,8H2,1-2H3;1H/q2*+1;;;;/p-2. The lowest BCUT2D eigenvalue weighted by Gasteiger charge is -2.26. The molecule has 0 saturated heterocycles. The molecule has 9 aromatic rings. The van der Waals surface area contributed by atoms with Gasteiger partial charge in [0.15, 0.2) is 62.8 Å². The van der Waals surface area contributed by atoms with Crippen LogP contribution < -0.4 is 17.3 Å². The van der Waals surface area contributed by atoms with Crippen molar-refractivity contribution in [2.75, 3.05) is 27.3 Å². The molecule has 0 atom stereocenters. The van der Waals surface area contributed by atoms with Gasteiger partial charge in [0.2, 0.25) is 0 Å². The average molecular weight is 1600 g/mol. The van der Waals surface area contributed by atoms with Crippen molar-refractivity contribution in [3.05, 3.63) is 286 Å². The molecule has 9 aromatic carbocycles. The van der Waals surface area contributed by atoms with Crippen molar-refractivity contribution in [1.29, 1.82) is 0 Å². The molecule has 0 radical (unpaired) electrons. The molecule has 578 valence electrons. The van der Waals surface area contributed by atoms with Crippen LogP contribution in [0.2, 0.25) is 0 Å². The molecule has 1 N–H and O–H groups in total. The zero-order valence-corrected chi connectivity index (χ0v) is 64.8. The third kappa shape index (κ3) is 28.4. The van der Waals surface area contributed by atoms with Gasteiger partial charge in [0, 0.05) is 78.4 Å². The molecular weight excluding hydrogens is 1510 g/mol. The van der Waals surface area contributed by atoms with E-state index in [9.17, 15) is 88.2 Å². The number of alkyl halides is 4. The van der Waals surface area contributed by atoms with Gasteiger partial charge in [-0.2, -0.15) is 17.6 Å². The van der Waals surface area contributed by atoms with Gasteiger partial charge < -0.3 is 35.9 Å². The Labute approximate surface area is 629 Å². The van der Waals surface area contributed by atoms with Crippen LogP contribution in [0, 0.1) is 46.5 Å². The topological polar surface area (TPSA) is 171 Å². The Kier molecular flexibility index (Phi) is 32.2. The molecule has 0 aliphatic heterocycles. The maximum absolute atomic E-state index is 13.6. The fourth-order valence-electron chi connectivity index (χ4n) is 9.35. The molecule has 107 heavy (non-hydrogen) atoms. The quantitative estimate of drug-likeness (QED) is 0.0425. The lowest BCUT2D eigenvalue weighted by Crippen LogP contribution is -3.04. The van der Waals surface area contributed by atoms with Crippen LogP contribution in [0.3, 0.4) is 0 Å². The second-order valence-electron chi connectivity index (χ2n) is 28.5. The smallest absolute Gasteiger partial charge is 0.367 e. The van der Waals surface area contributed by atoms with Gasteiger partial charge in [-0.3, -0.25) is 0 Å². The Morgan fingerprint density at radius 2 is 0.570 bits per heavy atom. The summed E-state index contributed by atoms with van der Waals surface area (Å²) in [7, 11) is -9.52. The van der Waals surface area contributed by atoms with Crippen LogP contribution in [0.5, 0.6) is 0 Å². The monoisotopic (exact) mass is 1600 g/mol. The molecular formula is C79H82ClF12NO10S4. The first-order valence-electron chi connectivity index (χ1n) is 32.3. The first-order chi connectivity index (χ1) is 48.7. The minimum Gasteiger partial charge on any atom is -1.00 e. The number of halogens is 13. The number of hydrogen-bond donors (Lipinski definition) is 1. The van der Waals surface area contributed by atoms with Crippen molar-refractivity contribution in [3.8, 4) is 0 Å². The lowest BCUT2D eigenvalue weighted by atomic mass is 9.79. The summed E-state index contributed by atoms with van der Waals surface area (Å²) < 4.78 is 233. The predicted octanol–water partition coefficient (Wildman–Crippen LogP) is 15.2. The number of rotatable bonds is 16. The molecule has 0 fully saturated rings. The molecule has 11 nitrogen and oxygen atoms in total. The summed E-state index contributed by atoms with van der Waals surface area (Å²) in [4.78, 5) is 28.4. The number of esters is 2. The third-order valence-electron chi connectivity index (χ3n) is 14.9. The summed E-state index contributed by atoms with van der Waals surface area (Å²) in [5.74, 6) is -8.07. The van der Waals surface area contributed by atoms with Crippen molar-refractivity contribution in [2.24, 2.45) is 0 Å². The van der Waals surface area contributed by atoms with Gasteiger partial charge in [-0.25, -0.2) is 61.5 Å². The maximum atomic E-state index is 13.6. The first-order valence-corrected chi connectivity index (χ1v) is 37.6. The number of hydrogen-bond acceptors (Lipinski definition) is 10. The molecule has 28 heteroatoms. The lowest BCUT2D eigenvalue weighted by molar-refractivity contribution is -0.872. The number of nitrogens with one attached hydrogen (secondary N) is 1. The van der Waals surface area contributed by atoms with E-state index < -0.39 is 124 Å². The van der Waals surface area contributed by atoms with Crippen molar-refractivity contribution >= 4 is 54.0 Å². The van der Waals surface area contributed by atoms with E-state index in [0.29, 0.717) is 29.4 Å². The SMILES string of the molecule is CC(C)(C)c1cc(C(=O)OCC(F)(F)S(=O)(=O)[O-])cc(C(C)(C)C)c1.CC(C)(C)c1cc(C(=O)OCC(F)(F)S(=O)(=O)[O-])cc(C(C)(C)C)c1.C[NH+](C)Cc1ccccc1.Fc1cc(F)cc([S+](c2ccccc2)c2cc(F)cc(F)c2)c1.Fc1cc(F)cc([S+](c2ccccc2)c2cc(F)cc(F)c2)c1.[Cl-]. The van der Waals surface area contributed by atoms with Crippen LogP contribution in [0.25, 0.3) is 0 Å². The zero-order chi connectivity index (χ0) is 79.9. The second-order valence-corrected chi connectivity index (χ2v) is 35.5. The molecule has 0 aliphatic carbocycles. The van der Waals surface area contributed by atoms with Gasteiger partial charge in [0.25, 0.3) is 0 Å². The van der Waals surface area contributed by atoms with Crippen LogP contribution >= 0.6 is 0 Å². The maximum Gasteiger partial charge on any atom is 0.367 e. The van der Waals surface area contributed by atoms with E-state index in [1.807, 2.05) is 95.2 Å². The van der Waals surface area contributed by atoms with Crippen LogP contribution in [0.1, 0.15) is 132 Å². The van der Waals surface area contributed by atoms with Crippen molar-refractivity contribution in [2.45, 2.75) is 151 Å². The Balaban J connectivity index is 0.000000288. The molecule has 0 spiro atoms. The van der Waals surface area contributed by atoms with E-state index in [-0.39, 0.29) is 45.2 Å². The van der Waals surface area contributed by atoms with Crippen LogP contribution in [0.4, 0.5) is 52.7 Å². The summed E-state index contributed by atoms with van der Waals surface area (Å²) in [6.45, 7) is 20.7. The van der Waals surface area contributed by atoms with E-state index in [0.717, 1.165) is 53.1 Å². The Morgan fingerprint density at radius 1 is 0.355 bits per heavy atom. The van der Waals surface area contributed by atoms with Gasteiger partial charge in [0.05, 0.1) is 47.0 Å². The summed E-state index contributed by atoms with van der Waals surface area (Å²) in [5.41, 5.74) is 3.43. The Morgan fingerprint density at radius 3 is 0.766 bits per heavy atom. The molecule has 0 bridgehead atoms. The van der Waals surface area contributed by atoms with E-state index in [1.54, 1.807) is 60.7 Å². The molecule has 0 aliphatic rings. The van der Waals surface area contributed by atoms with E-state index in [1.165, 1.54) is 83.3 Å². The van der Waals surface area contributed by atoms with E-state index in [2.05, 4.69) is 53.9 Å². The molecule has 0 amide bonds. The number of carbonyl (C=O) groups excluding carboxylic acids is 2. The molecule has 0 saturated carbocycles. The summed E-state index contributed by atoms with van der Waals surface area (Å²) in [5, 5.41) is -9.34. The van der Waals surface area contributed by atoms with Crippen LogP contribution in [0.15, 0.2) is 230 Å². The molecule has 0 aromatic heterocycles. The predicted molar refractivity (Wildman–Crippen MR) is 383 cm³/mol. The van der Waals surface area contributed by atoms with Gasteiger partial charge >= 0.3 is 22.4 Å². The van der Waals surface area contributed by atoms with Gasteiger partial charge in [-0.15, -0.1) is 0 Å². The number of benzene rings is 9. The fraction of sp³-hybridized carbons (Fsp3) is 0.291. The number of quaternary nitrogens is 1. The minimum atomic E-state index is -5.90. The minimum absolute atomic E-state index is 0. The van der Waals surface area contributed by atoms with Crippen LogP contribution in [-0.4, -0.2) is 75.7 Å². The Hall–Kier alpha value is -8.15. The van der Waals surface area contributed by atoms with Crippen molar-refractivity contribution in [3.63, 3.8) is 0 Å². The number of carbonyl (C=O) groups is 2. The zero-order valence-electron chi connectivity index (χ0n) is 60.8. The van der Waals surface area contributed by atoms with Crippen molar-refractivity contribution < 1.29 is 115 Å². The highest BCUT2D eigenvalue weighted by Crippen LogP contribution is 2.37.